The third-order valence-electron chi connectivity index (χ3n) is 3.25. The lowest BCUT2D eigenvalue weighted by Gasteiger charge is -2.30. The molecule has 0 aliphatic heterocycles. The van der Waals surface area contributed by atoms with Crippen LogP contribution in [0, 0.1) is 0 Å². The van der Waals surface area contributed by atoms with Crippen LogP contribution >= 0.6 is 11.6 Å². The highest BCUT2D eigenvalue weighted by molar-refractivity contribution is 7.91. The molecule has 0 radical (unpaired) electrons. The van der Waals surface area contributed by atoms with Crippen LogP contribution in [0.3, 0.4) is 0 Å². The molecule has 2 rings (SSSR count). The second-order valence-corrected chi connectivity index (χ2v) is 7.14. The first-order valence-electron chi connectivity index (χ1n) is 6.63. The highest BCUT2D eigenvalue weighted by Gasteiger charge is 2.53. The van der Waals surface area contributed by atoms with Gasteiger partial charge in [-0.05, 0) is 0 Å². The average molecular weight is 414 g/mol. The summed E-state index contributed by atoms with van der Waals surface area (Å²) in [7, 11) is -3.62. The third-order valence-corrected chi connectivity index (χ3v) is 5.38. The lowest BCUT2D eigenvalue weighted by atomic mass is 9.98. The summed E-state index contributed by atoms with van der Waals surface area (Å²) in [5.41, 5.74) is 0. The van der Waals surface area contributed by atoms with Crippen molar-refractivity contribution in [1.82, 2.24) is 15.0 Å². The van der Waals surface area contributed by atoms with E-state index in [1.165, 1.54) is 18.2 Å². The van der Waals surface area contributed by atoms with Crippen LogP contribution in [0.25, 0.3) is 0 Å². The van der Waals surface area contributed by atoms with Crippen molar-refractivity contribution in [3.63, 3.8) is 0 Å². The number of hydrogen-bond donors (Lipinski definition) is 2. The predicted octanol–water partition coefficient (Wildman–Crippen LogP) is 0.598. The van der Waals surface area contributed by atoms with Gasteiger partial charge in [0.25, 0.3) is 5.91 Å². The van der Waals surface area contributed by atoms with Gasteiger partial charge in [-0.3, -0.25) is 10.1 Å². The highest BCUT2D eigenvalue weighted by atomic mass is 35.5. The third kappa shape index (κ3) is 3.64. The number of hydrogen-bond acceptors (Lipinski definition) is 7. The number of ether oxygens (including phenoxy) is 1. The first-order valence-corrected chi connectivity index (χ1v) is 8.61. The van der Waals surface area contributed by atoms with E-state index in [0.717, 1.165) is 13.2 Å². The minimum absolute atomic E-state index is 0.742. The molecular weight excluding hydrogens is 403 g/mol. The summed E-state index contributed by atoms with van der Waals surface area (Å²) < 4.78 is 64.5. The van der Waals surface area contributed by atoms with Crippen molar-refractivity contribution in [3.8, 4) is 6.01 Å². The number of carbonyl (C=O) groups excluding carboxylic acids is 1. The van der Waals surface area contributed by atoms with Gasteiger partial charge in [0.2, 0.25) is 26.5 Å². The largest absolute Gasteiger partial charge is 0.467 e. The van der Waals surface area contributed by atoms with Gasteiger partial charge in [-0.2, -0.15) is 28.1 Å². The fourth-order valence-electron chi connectivity index (χ4n) is 2.01. The summed E-state index contributed by atoms with van der Waals surface area (Å²) >= 11 is 5.93. The topological polar surface area (TPSA) is 137 Å². The normalized spacial score (nSPS) is 22.9. The SMILES string of the molecule is COc1nc(NC(=O)C2(S(N)(=O)=O)C=CC=CC2Cl)nc(C(F)(F)F)n1. The molecule has 0 spiro atoms. The van der Waals surface area contributed by atoms with E-state index in [2.05, 4.69) is 19.7 Å². The van der Waals surface area contributed by atoms with Crippen molar-refractivity contribution < 1.29 is 31.1 Å². The van der Waals surface area contributed by atoms with Gasteiger partial charge in [-0.15, -0.1) is 11.6 Å². The highest BCUT2D eigenvalue weighted by Crippen LogP contribution is 2.32. The van der Waals surface area contributed by atoms with Crippen LogP contribution in [-0.4, -0.2) is 46.5 Å². The van der Waals surface area contributed by atoms with E-state index in [4.69, 9.17) is 16.7 Å². The fourth-order valence-corrected chi connectivity index (χ4v) is 3.61. The Balaban J connectivity index is 2.48. The Hall–Kier alpha value is -2.25. The molecule has 0 bridgehead atoms. The van der Waals surface area contributed by atoms with Crippen molar-refractivity contribution in [2.24, 2.45) is 5.14 Å². The Bertz CT molecular complexity index is 889. The first kappa shape index (κ1) is 20.1. The lowest BCUT2D eigenvalue weighted by molar-refractivity contribution is -0.145. The Morgan fingerprint density at radius 1 is 1.35 bits per heavy atom. The van der Waals surface area contributed by atoms with Crippen LogP contribution < -0.4 is 15.2 Å². The molecule has 3 N–H and O–H groups in total. The Morgan fingerprint density at radius 2 is 2.00 bits per heavy atom. The molecule has 0 aromatic carbocycles. The predicted molar refractivity (Wildman–Crippen MR) is 83.8 cm³/mol. The standard InChI is InChI=1S/C12H11ClF3N5O4S/c1-25-10-19-7(12(14,15)16)18-9(21-10)20-8(22)11(26(17,23)24)5-3-2-4-6(11)13/h2-6H,1H3,(H2,17,23,24)(H,18,19,20,21,22). The van der Waals surface area contributed by atoms with E-state index in [1.807, 2.05) is 5.32 Å². The van der Waals surface area contributed by atoms with Gasteiger partial charge in [0, 0.05) is 0 Å². The second kappa shape index (κ2) is 6.81. The number of anilines is 1. The van der Waals surface area contributed by atoms with Crippen molar-refractivity contribution >= 4 is 33.5 Å². The summed E-state index contributed by atoms with van der Waals surface area (Å²) in [5, 5.41) is 5.57. The number of amides is 1. The van der Waals surface area contributed by atoms with Gasteiger partial charge in [0.15, 0.2) is 0 Å². The molecule has 142 valence electrons. The maximum absolute atomic E-state index is 12.8. The number of alkyl halides is 4. The summed E-state index contributed by atoms with van der Waals surface area (Å²) in [6.07, 6.45) is -0.283. The minimum atomic E-state index is -4.96. The van der Waals surface area contributed by atoms with Crippen LogP contribution in [0.15, 0.2) is 24.3 Å². The van der Waals surface area contributed by atoms with Gasteiger partial charge < -0.3 is 4.74 Å². The van der Waals surface area contributed by atoms with Gasteiger partial charge in [-0.1, -0.05) is 24.3 Å². The quantitative estimate of drug-likeness (QED) is 0.689. The molecule has 2 atom stereocenters. The number of allylic oxidation sites excluding steroid dienone is 3. The molecule has 1 aromatic heterocycles. The van der Waals surface area contributed by atoms with Crippen molar-refractivity contribution in [2.45, 2.75) is 16.3 Å². The Morgan fingerprint density at radius 3 is 2.50 bits per heavy atom. The van der Waals surface area contributed by atoms with Crippen LogP contribution in [0.4, 0.5) is 19.1 Å². The van der Waals surface area contributed by atoms with E-state index in [-0.39, 0.29) is 0 Å². The van der Waals surface area contributed by atoms with E-state index < -0.39 is 50.0 Å². The van der Waals surface area contributed by atoms with Gasteiger partial charge >= 0.3 is 12.2 Å². The number of carbonyl (C=O) groups is 1. The summed E-state index contributed by atoms with van der Waals surface area (Å²) in [6, 6.07) is -0.742. The molecule has 2 unspecified atom stereocenters. The Labute approximate surface area is 150 Å². The molecule has 26 heavy (non-hydrogen) atoms. The van der Waals surface area contributed by atoms with Gasteiger partial charge in [0.05, 0.1) is 12.5 Å². The number of sulfonamides is 1. The maximum atomic E-state index is 12.8. The number of nitrogens with two attached hydrogens (primary N) is 1. The average Bonchev–Trinajstić information content (AvgIpc) is 2.52. The zero-order chi connectivity index (χ0) is 19.8. The monoisotopic (exact) mass is 413 g/mol. The minimum Gasteiger partial charge on any atom is -0.467 e. The van der Waals surface area contributed by atoms with E-state index in [0.29, 0.717) is 0 Å². The first-order chi connectivity index (χ1) is 11.9. The number of aromatic nitrogens is 3. The molecule has 1 amide bonds. The Kier molecular flexibility index (Phi) is 5.26. The zero-order valence-electron chi connectivity index (χ0n) is 12.9. The molecule has 0 saturated heterocycles. The van der Waals surface area contributed by atoms with E-state index in [9.17, 15) is 26.4 Å². The molecule has 0 saturated carbocycles. The number of halogens is 4. The number of methoxy groups -OCH3 is 1. The van der Waals surface area contributed by atoms with Crippen LogP contribution in [0.5, 0.6) is 6.01 Å². The molecular formula is C12H11ClF3N5O4S. The zero-order valence-corrected chi connectivity index (χ0v) is 14.4. The number of primary sulfonamides is 1. The van der Waals surface area contributed by atoms with E-state index >= 15 is 0 Å². The van der Waals surface area contributed by atoms with Crippen LogP contribution in [0.2, 0.25) is 0 Å². The summed E-state index contributed by atoms with van der Waals surface area (Å²) in [5.74, 6) is -3.88. The molecule has 0 fully saturated rings. The second-order valence-electron chi connectivity index (χ2n) is 4.91. The van der Waals surface area contributed by atoms with Gasteiger partial charge in [-0.25, -0.2) is 13.6 Å². The van der Waals surface area contributed by atoms with Crippen molar-refractivity contribution in [1.29, 1.82) is 0 Å². The number of nitrogens with zero attached hydrogens (tertiary/aromatic N) is 3. The van der Waals surface area contributed by atoms with Crippen molar-refractivity contribution in [2.75, 3.05) is 12.4 Å². The molecule has 1 heterocycles. The van der Waals surface area contributed by atoms with Crippen LogP contribution in [-0.2, 0) is 21.0 Å². The van der Waals surface area contributed by atoms with E-state index in [1.54, 1.807) is 0 Å². The summed E-state index contributed by atoms with van der Waals surface area (Å²) in [6.45, 7) is 0. The molecule has 1 aromatic rings. The molecule has 1 aliphatic carbocycles. The number of nitrogens with one attached hydrogen (secondary N) is 1. The molecule has 14 heteroatoms. The smallest absolute Gasteiger partial charge is 0.451 e. The van der Waals surface area contributed by atoms with Gasteiger partial charge in [0.1, 0.15) is 0 Å². The molecule has 9 nitrogen and oxygen atoms in total. The molecule has 1 aliphatic rings. The summed E-state index contributed by atoms with van der Waals surface area (Å²) in [4.78, 5) is 22.0. The van der Waals surface area contributed by atoms with Crippen molar-refractivity contribution in [3.05, 3.63) is 30.1 Å². The number of rotatable bonds is 4. The fraction of sp³-hybridized carbons (Fsp3) is 0.333. The lowest BCUT2D eigenvalue weighted by Crippen LogP contribution is -2.57. The maximum Gasteiger partial charge on any atom is 0.451 e. The van der Waals surface area contributed by atoms with Crippen LogP contribution in [0.1, 0.15) is 5.82 Å².